The number of ether oxygens (including phenoxy) is 1. The molecule has 3 nitrogen and oxygen atoms in total. The van der Waals surface area contributed by atoms with Gasteiger partial charge in [0.1, 0.15) is 6.61 Å². The van der Waals surface area contributed by atoms with Crippen molar-refractivity contribution in [2.45, 2.75) is 46.6 Å². The van der Waals surface area contributed by atoms with Crippen LogP contribution in [0.2, 0.25) is 0 Å². The van der Waals surface area contributed by atoms with Crippen molar-refractivity contribution in [3.8, 4) is 0 Å². The molecule has 4 heteroatoms. The van der Waals surface area contributed by atoms with Gasteiger partial charge >= 0.3 is 5.97 Å². The normalized spacial score (nSPS) is 26.0. The highest BCUT2D eigenvalue weighted by Crippen LogP contribution is 2.60. The molecular formula is C21H26O3S. The lowest BCUT2D eigenvalue weighted by atomic mass is 10.1. The van der Waals surface area contributed by atoms with Crippen LogP contribution in [0.1, 0.15) is 44.7 Å². The monoisotopic (exact) mass is 358 g/mol. The number of benzene rings is 1. The molecule has 1 heterocycles. The Morgan fingerprint density at radius 1 is 1.36 bits per heavy atom. The highest BCUT2D eigenvalue weighted by atomic mass is 32.2. The van der Waals surface area contributed by atoms with Crippen molar-refractivity contribution in [1.82, 2.24) is 0 Å². The number of carbonyl (C=O) groups is 2. The average Bonchev–Trinajstić information content (AvgIpc) is 2.88. The SMILES string of the molecule is CCCc1cccc(COC(=O)[C@@H]2[C@H](/C=C3\CCSC3=O)C2(C)C)c1. The Bertz CT molecular complexity index is 705. The van der Waals surface area contributed by atoms with Crippen LogP contribution < -0.4 is 0 Å². The van der Waals surface area contributed by atoms with Crippen LogP contribution in [0.4, 0.5) is 0 Å². The highest BCUT2D eigenvalue weighted by Gasteiger charge is 2.61. The van der Waals surface area contributed by atoms with E-state index in [1.165, 1.54) is 17.3 Å². The summed E-state index contributed by atoms with van der Waals surface area (Å²) in [6.45, 7) is 6.63. The first-order valence-corrected chi connectivity index (χ1v) is 10.0. The number of carbonyl (C=O) groups excluding carboxylic acids is 2. The van der Waals surface area contributed by atoms with Gasteiger partial charge in [-0.1, -0.05) is 69.3 Å². The zero-order chi connectivity index (χ0) is 18.0. The van der Waals surface area contributed by atoms with E-state index in [9.17, 15) is 9.59 Å². The smallest absolute Gasteiger partial charge is 0.310 e. The Kier molecular flexibility index (Phi) is 5.38. The number of allylic oxidation sites excluding steroid dienone is 1. The molecule has 0 spiro atoms. The molecule has 2 fully saturated rings. The standard InChI is InChI=1S/C21H26O3S/c1-4-6-14-7-5-8-15(11-14)13-24-19(22)18-17(21(18,2)3)12-16-9-10-25-20(16)23/h5,7-8,11-12,17-18H,4,6,9-10,13H2,1-3H3/b16-12+/t17-,18-/m0/s1. The first-order chi connectivity index (χ1) is 11.9. The second kappa shape index (κ2) is 7.36. The van der Waals surface area contributed by atoms with Gasteiger partial charge in [-0.3, -0.25) is 9.59 Å². The maximum atomic E-state index is 12.5. The van der Waals surface area contributed by atoms with Gasteiger partial charge in [0.2, 0.25) is 5.12 Å². The van der Waals surface area contributed by atoms with E-state index >= 15 is 0 Å². The second-order valence-electron chi connectivity index (χ2n) is 7.58. The molecule has 0 bridgehead atoms. The predicted octanol–water partition coefficient (Wildman–Crippen LogP) is 4.54. The van der Waals surface area contributed by atoms with E-state index in [0.717, 1.165) is 36.2 Å². The van der Waals surface area contributed by atoms with Crippen LogP contribution in [0, 0.1) is 17.3 Å². The fraction of sp³-hybridized carbons (Fsp3) is 0.524. The molecule has 0 N–H and O–H groups in total. The number of aryl methyl sites for hydroxylation is 1. The average molecular weight is 359 g/mol. The largest absolute Gasteiger partial charge is 0.461 e. The minimum absolute atomic E-state index is 0.115. The summed E-state index contributed by atoms with van der Waals surface area (Å²) >= 11 is 1.37. The molecule has 0 amide bonds. The van der Waals surface area contributed by atoms with E-state index in [4.69, 9.17) is 4.74 Å². The van der Waals surface area contributed by atoms with E-state index < -0.39 is 0 Å². The molecule has 25 heavy (non-hydrogen) atoms. The van der Waals surface area contributed by atoms with Crippen LogP contribution in [0.5, 0.6) is 0 Å². The highest BCUT2D eigenvalue weighted by molar-refractivity contribution is 8.14. The third kappa shape index (κ3) is 4.00. The van der Waals surface area contributed by atoms with Crippen molar-refractivity contribution in [3.63, 3.8) is 0 Å². The molecule has 0 unspecified atom stereocenters. The molecule has 134 valence electrons. The van der Waals surface area contributed by atoms with Crippen molar-refractivity contribution in [2.24, 2.45) is 17.3 Å². The summed E-state index contributed by atoms with van der Waals surface area (Å²) in [4.78, 5) is 24.3. The van der Waals surface area contributed by atoms with Crippen LogP contribution in [-0.4, -0.2) is 16.8 Å². The second-order valence-corrected chi connectivity index (χ2v) is 8.65. The van der Waals surface area contributed by atoms with Crippen LogP contribution in [0.25, 0.3) is 0 Å². The lowest BCUT2D eigenvalue weighted by Gasteiger charge is -2.07. The summed E-state index contributed by atoms with van der Waals surface area (Å²) in [5.74, 6) is 0.688. The van der Waals surface area contributed by atoms with Gasteiger partial charge in [0.05, 0.1) is 5.92 Å². The lowest BCUT2D eigenvalue weighted by Crippen LogP contribution is -2.10. The molecule has 2 aliphatic rings. The Morgan fingerprint density at radius 2 is 2.12 bits per heavy atom. The molecular weight excluding hydrogens is 332 g/mol. The van der Waals surface area contributed by atoms with Crippen molar-refractivity contribution in [3.05, 3.63) is 47.0 Å². The van der Waals surface area contributed by atoms with Gasteiger partial charge in [-0.25, -0.2) is 0 Å². The number of thioether (sulfide) groups is 1. The summed E-state index contributed by atoms with van der Waals surface area (Å²) < 4.78 is 5.58. The fourth-order valence-electron chi connectivity index (χ4n) is 3.66. The summed E-state index contributed by atoms with van der Waals surface area (Å²) in [7, 11) is 0. The zero-order valence-electron chi connectivity index (χ0n) is 15.2. The molecule has 1 aromatic rings. The fourth-order valence-corrected chi connectivity index (χ4v) is 4.53. The molecule has 1 saturated heterocycles. The van der Waals surface area contributed by atoms with Gasteiger partial charge in [-0.05, 0) is 35.3 Å². The van der Waals surface area contributed by atoms with Gasteiger partial charge in [0.25, 0.3) is 0 Å². The number of hydrogen-bond acceptors (Lipinski definition) is 4. The summed E-state index contributed by atoms with van der Waals surface area (Å²) in [6, 6.07) is 8.24. The Morgan fingerprint density at radius 3 is 2.80 bits per heavy atom. The van der Waals surface area contributed by atoms with Crippen molar-refractivity contribution >= 4 is 22.8 Å². The van der Waals surface area contributed by atoms with Gasteiger partial charge < -0.3 is 4.74 Å². The summed E-state index contributed by atoms with van der Waals surface area (Å²) in [5.41, 5.74) is 3.07. The third-order valence-electron chi connectivity index (χ3n) is 5.32. The zero-order valence-corrected chi connectivity index (χ0v) is 16.0. The molecule has 2 atom stereocenters. The molecule has 1 aliphatic heterocycles. The third-order valence-corrected chi connectivity index (χ3v) is 6.26. The first kappa shape index (κ1) is 18.2. The van der Waals surface area contributed by atoms with E-state index in [1.54, 1.807) is 0 Å². The summed E-state index contributed by atoms with van der Waals surface area (Å²) in [5, 5.41) is 0.169. The molecule has 0 radical (unpaired) electrons. The van der Waals surface area contributed by atoms with Gasteiger partial charge in [-0.15, -0.1) is 0 Å². The number of hydrogen-bond donors (Lipinski definition) is 0. The molecule has 1 saturated carbocycles. The van der Waals surface area contributed by atoms with Gasteiger partial charge in [-0.2, -0.15) is 0 Å². The van der Waals surface area contributed by atoms with E-state index in [2.05, 4.69) is 32.9 Å². The Hall–Kier alpha value is -1.55. The van der Waals surface area contributed by atoms with Crippen molar-refractivity contribution < 1.29 is 14.3 Å². The topological polar surface area (TPSA) is 43.4 Å². The Balaban J connectivity index is 1.60. The first-order valence-electron chi connectivity index (χ1n) is 9.05. The van der Waals surface area contributed by atoms with Crippen LogP contribution >= 0.6 is 11.8 Å². The van der Waals surface area contributed by atoms with Crippen molar-refractivity contribution in [1.29, 1.82) is 0 Å². The summed E-state index contributed by atoms with van der Waals surface area (Å²) in [6.07, 6.45) is 4.99. The Labute approximate surface area is 154 Å². The number of esters is 1. The minimum Gasteiger partial charge on any atom is -0.461 e. The van der Waals surface area contributed by atoms with E-state index in [-0.39, 0.29) is 28.3 Å². The van der Waals surface area contributed by atoms with Gasteiger partial charge in [0, 0.05) is 11.3 Å². The molecule has 1 aliphatic carbocycles. The molecule has 1 aromatic carbocycles. The molecule has 0 aromatic heterocycles. The van der Waals surface area contributed by atoms with Crippen LogP contribution in [-0.2, 0) is 27.4 Å². The quantitative estimate of drug-likeness (QED) is 0.553. The lowest BCUT2D eigenvalue weighted by molar-refractivity contribution is -0.147. The van der Waals surface area contributed by atoms with Gasteiger partial charge in [0.15, 0.2) is 0 Å². The van der Waals surface area contributed by atoms with Crippen LogP contribution in [0.15, 0.2) is 35.9 Å². The van der Waals surface area contributed by atoms with Crippen LogP contribution in [0.3, 0.4) is 0 Å². The van der Waals surface area contributed by atoms with E-state index in [1.807, 2.05) is 18.2 Å². The maximum Gasteiger partial charge on any atom is 0.310 e. The number of rotatable bonds is 6. The van der Waals surface area contributed by atoms with E-state index in [0.29, 0.717) is 6.61 Å². The maximum absolute atomic E-state index is 12.5. The molecule has 3 rings (SSSR count). The minimum atomic E-state index is -0.147. The van der Waals surface area contributed by atoms with Crippen molar-refractivity contribution in [2.75, 3.05) is 5.75 Å². The predicted molar refractivity (Wildman–Crippen MR) is 101 cm³/mol.